The van der Waals surface area contributed by atoms with Crippen LogP contribution in [0.5, 0.6) is 0 Å². The lowest BCUT2D eigenvalue weighted by molar-refractivity contribution is 0.497. The molecular weight excluding hydrogens is 256 g/mol. The van der Waals surface area contributed by atoms with Crippen LogP contribution in [-0.4, -0.2) is 9.55 Å². The molecule has 0 fully saturated rings. The van der Waals surface area contributed by atoms with E-state index in [1.165, 1.54) is 31.2 Å². The van der Waals surface area contributed by atoms with Crippen molar-refractivity contribution in [2.24, 2.45) is 0 Å². The minimum absolute atomic E-state index is 0.467. The van der Waals surface area contributed by atoms with E-state index in [4.69, 9.17) is 11.6 Å². The van der Waals surface area contributed by atoms with E-state index in [1.807, 2.05) is 30.9 Å². The molecule has 0 aliphatic heterocycles. The summed E-state index contributed by atoms with van der Waals surface area (Å²) in [6.45, 7) is 3.19. The van der Waals surface area contributed by atoms with E-state index < -0.39 is 0 Å². The summed E-state index contributed by atoms with van der Waals surface area (Å²) in [5, 5.41) is 0.879. The molecule has 1 aromatic carbocycles. The average molecular weight is 277 g/mol. The Morgan fingerprint density at radius 2 is 2.11 bits per heavy atom. The second kappa shape index (κ2) is 7.34. The monoisotopic (exact) mass is 276 g/mol. The molecule has 0 aliphatic rings. The van der Waals surface area contributed by atoms with Gasteiger partial charge in [0.15, 0.2) is 0 Å². The zero-order chi connectivity index (χ0) is 13.5. The van der Waals surface area contributed by atoms with Crippen LogP contribution in [0.2, 0.25) is 5.02 Å². The average Bonchev–Trinajstić information content (AvgIpc) is 2.91. The van der Waals surface area contributed by atoms with Crippen LogP contribution in [0, 0.1) is 0 Å². The molecule has 1 unspecified atom stereocenters. The standard InChI is InChI=1S/C16H21ClN2/c1-2-3-4-7-14(12-19-11-10-18-13-19)15-8-5-6-9-16(15)17/h5-6,8-11,13-14H,2-4,7,12H2,1H3. The molecule has 0 spiro atoms. The predicted molar refractivity (Wildman–Crippen MR) is 80.6 cm³/mol. The molecule has 1 heterocycles. The summed E-state index contributed by atoms with van der Waals surface area (Å²) in [5.41, 5.74) is 1.26. The van der Waals surface area contributed by atoms with Crippen LogP contribution >= 0.6 is 11.6 Å². The molecule has 0 bridgehead atoms. The summed E-state index contributed by atoms with van der Waals surface area (Å²) < 4.78 is 2.14. The van der Waals surface area contributed by atoms with Gasteiger partial charge in [0.1, 0.15) is 0 Å². The van der Waals surface area contributed by atoms with Crippen molar-refractivity contribution in [1.82, 2.24) is 9.55 Å². The lowest BCUT2D eigenvalue weighted by Gasteiger charge is -2.19. The number of nitrogens with zero attached hydrogens (tertiary/aromatic N) is 2. The van der Waals surface area contributed by atoms with Gasteiger partial charge in [-0.2, -0.15) is 0 Å². The van der Waals surface area contributed by atoms with Crippen molar-refractivity contribution >= 4 is 11.6 Å². The molecule has 2 aromatic rings. The molecule has 3 heteroatoms. The van der Waals surface area contributed by atoms with E-state index >= 15 is 0 Å². The van der Waals surface area contributed by atoms with Crippen LogP contribution in [0.1, 0.15) is 44.1 Å². The fourth-order valence-corrected chi connectivity index (χ4v) is 2.73. The molecule has 0 saturated carbocycles. The maximum Gasteiger partial charge on any atom is 0.0946 e. The van der Waals surface area contributed by atoms with E-state index in [0.29, 0.717) is 5.92 Å². The van der Waals surface area contributed by atoms with Gasteiger partial charge in [-0.25, -0.2) is 4.98 Å². The summed E-state index contributed by atoms with van der Waals surface area (Å²) in [6, 6.07) is 8.20. The van der Waals surface area contributed by atoms with E-state index in [9.17, 15) is 0 Å². The third-order valence-corrected chi connectivity index (χ3v) is 3.84. The first-order valence-corrected chi connectivity index (χ1v) is 7.39. The van der Waals surface area contributed by atoms with E-state index in [0.717, 1.165) is 11.6 Å². The fraction of sp³-hybridized carbons (Fsp3) is 0.438. The van der Waals surface area contributed by atoms with Gasteiger partial charge in [-0.3, -0.25) is 0 Å². The van der Waals surface area contributed by atoms with Crippen molar-refractivity contribution in [1.29, 1.82) is 0 Å². The smallest absolute Gasteiger partial charge is 0.0946 e. The van der Waals surface area contributed by atoms with E-state index in [-0.39, 0.29) is 0 Å². The molecular formula is C16H21ClN2. The summed E-state index contributed by atoms with van der Waals surface area (Å²) in [5.74, 6) is 0.467. The maximum atomic E-state index is 6.35. The number of hydrogen-bond donors (Lipinski definition) is 0. The van der Waals surface area contributed by atoms with Crippen molar-refractivity contribution in [3.05, 3.63) is 53.6 Å². The highest BCUT2D eigenvalue weighted by Crippen LogP contribution is 2.30. The van der Waals surface area contributed by atoms with Gasteiger partial charge < -0.3 is 4.57 Å². The summed E-state index contributed by atoms with van der Waals surface area (Å²) >= 11 is 6.35. The second-order valence-corrected chi connectivity index (χ2v) is 5.38. The number of rotatable bonds is 7. The quantitative estimate of drug-likeness (QED) is 0.658. The first-order chi connectivity index (χ1) is 9.31. The predicted octanol–water partition coefficient (Wildman–Crippen LogP) is 4.90. The Balaban J connectivity index is 2.11. The summed E-state index contributed by atoms with van der Waals surface area (Å²) in [6.07, 6.45) is 10.7. The number of halogens is 1. The molecule has 1 atom stereocenters. The zero-order valence-corrected chi connectivity index (χ0v) is 12.2. The van der Waals surface area contributed by atoms with Crippen LogP contribution in [0.15, 0.2) is 43.0 Å². The normalized spacial score (nSPS) is 12.5. The van der Waals surface area contributed by atoms with Crippen LogP contribution in [0.25, 0.3) is 0 Å². The molecule has 2 nitrogen and oxygen atoms in total. The van der Waals surface area contributed by atoms with Crippen LogP contribution < -0.4 is 0 Å². The highest BCUT2D eigenvalue weighted by molar-refractivity contribution is 6.31. The molecule has 2 rings (SSSR count). The number of hydrogen-bond acceptors (Lipinski definition) is 1. The van der Waals surface area contributed by atoms with E-state index in [2.05, 4.69) is 28.6 Å². The van der Waals surface area contributed by atoms with Crippen molar-refractivity contribution in [3.8, 4) is 0 Å². The molecule has 1 aromatic heterocycles. The van der Waals surface area contributed by atoms with Crippen molar-refractivity contribution < 1.29 is 0 Å². The van der Waals surface area contributed by atoms with Crippen molar-refractivity contribution in [3.63, 3.8) is 0 Å². The van der Waals surface area contributed by atoms with Crippen LogP contribution in [0.3, 0.4) is 0 Å². The van der Waals surface area contributed by atoms with Gasteiger partial charge in [0, 0.05) is 29.9 Å². The Hall–Kier alpha value is -1.28. The number of imidazole rings is 1. The lowest BCUT2D eigenvalue weighted by Crippen LogP contribution is -2.09. The van der Waals surface area contributed by atoms with Gasteiger partial charge in [0.25, 0.3) is 0 Å². The van der Waals surface area contributed by atoms with Crippen molar-refractivity contribution in [2.75, 3.05) is 0 Å². The Morgan fingerprint density at radius 3 is 2.79 bits per heavy atom. The van der Waals surface area contributed by atoms with Gasteiger partial charge in [0.2, 0.25) is 0 Å². The third-order valence-electron chi connectivity index (χ3n) is 3.49. The SMILES string of the molecule is CCCCCC(Cn1ccnc1)c1ccccc1Cl. The minimum atomic E-state index is 0.467. The number of aromatic nitrogens is 2. The van der Waals surface area contributed by atoms with Crippen molar-refractivity contribution in [2.45, 2.75) is 45.1 Å². The van der Waals surface area contributed by atoms with Gasteiger partial charge in [0.05, 0.1) is 6.33 Å². The van der Waals surface area contributed by atoms with Gasteiger partial charge in [-0.1, -0.05) is 56.0 Å². The second-order valence-electron chi connectivity index (χ2n) is 4.97. The van der Waals surface area contributed by atoms with Gasteiger partial charge >= 0.3 is 0 Å². The van der Waals surface area contributed by atoms with Gasteiger partial charge in [-0.05, 0) is 18.1 Å². The first kappa shape index (κ1) is 14.1. The Bertz CT molecular complexity index is 479. The van der Waals surface area contributed by atoms with Crippen LogP contribution in [-0.2, 0) is 6.54 Å². The Morgan fingerprint density at radius 1 is 1.26 bits per heavy atom. The largest absolute Gasteiger partial charge is 0.337 e. The topological polar surface area (TPSA) is 17.8 Å². The number of unbranched alkanes of at least 4 members (excludes halogenated alkanes) is 2. The third kappa shape index (κ3) is 4.10. The lowest BCUT2D eigenvalue weighted by atomic mass is 9.93. The molecule has 19 heavy (non-hydrogen) atoms. The molecule has 0 amide bonds. The molecule has 102 valence electrons. The highest BCUT2D eigenvalue weighted by Gasteiger charge is 2.14. The Kier molecular flexibility index (Phi) is 5.46. The van der Waals surface area contributed by atoms with Gasteiger partial charge in [-0.15, -0.1) is 0 Å². The Labute approximate surface area is 120 Å². The van der Waals surface area contributed by atoms with Crippen LogP contribution in [0.4, 0.5) is 0 Å². The minimum Gasteiger partial charge on any atom is -0.337 e. The zero-order valence-electron chi connectivity index (χ0n) is 11.4. The highest BCUT2D eigenvalue weighted by atomic mass is 35.5. The summed E-state index contributed by atoms with van der Waals surface area (Å²) in [7, 11) is 0. The molecule has 0 aliphatic carbocycles. The fourth-order valence-electron chi connectivity index (χ4n) is 2.44. The summed E-state index contributed by atoms with van der Waals surface area (Å²) in [4.78, 5) is 4.12. The maximum absolute atomic E-state index is 6.35. The molecule has 0 radical (unpaired) electrons. The number of benzene rings is 1. The molecule has 0 saturated heterocycles. The van der Waals surface area contributed by atoms with E-state index in [1.54, 1.807) is 0 Å². The first-order valence-electron chi connectivity index (χ1n) is 7.01. The molecule has 0 N–H and O–H groups in total.